The number of imidazole rings is 1. The van der Waals surface area contributed by atoms with Crippen molar-refractivity contribution in [2.75, 3.05) is 20.3 Å². The third kappa shape index (κ3) is 5.39. The van der Waals surface area contributed by atoms with Gasteiger partial charge in [-0.1, -0.05) is 36.4 Å². The van der Waals surface area contributed by atoms with Crippen LogP contribution in [-0.4, -0.2) is 35.7 Å². The summed E-state index contributed by atoms with van der Waals surface area (Å²) in [5, 5.41) is 2.99. The molecule has 0 unspecified atom stereocenters. The van der Waals surface area contributed by atoms with E-state index in [9.17, 15) is 4.79 Å². The van der Waals surface area contributed by atoms with E-state index in [1.807, 2.05) is 30.3 Å². The summed E-state index contributed by atoms with van der Waals surface area (Å²) in [6, 6.07) is 21.7. The molecule has 0 aliphatic heterocycles. The van der Waals surface area contributed by atoms with Crippen LogP contribution in [0.5, 0.6) is 11.5 Å². The number of rotatable bonds is 10. The smallest absolute Gasteiger partial charge is 0.255 e. The number of methoxy groups -OCH3 is 1. The standard InChI is InChI=1S/C28H31N3O3/c1-20-14-15-21(2)26(19-20)34-18-17-31-24-11-6-5-10-23(24)30-27(31)13-8-16-29-28(32)22-9-4-7-12-25(22)33-3/h4-7,9-12,14-15,19H,8,13,16-18H2,1-3H3,(H,29,32). The second-order valence-electron chi connectivity index (χ2n) is 8.35. The average Bonchev–Trinajstić information content (AvgIpc) is 3.21. The van der Waals surface area contributed by atoms with Gasteiger partial charge in [-0.05, 0) is 61.7 Å². The van der Waals surface area contributed by atoms with Crippen molar-refractivity contribution in [3.05, 3.63) is 89.2 Å². The van der Waals surface area contributed by atoms with Gasteiger partial charge in [0.25, 0.3) is 5.91 Å². The third-order valence-corrected chi connectivity index (χ3v) is 5.86. The second kappa shape index (κ2) is 10.9. The summed E-state index contributed by atoms with van der Waals surface area (Å²) >= 11 is 0. The van der Waals surface area contributed by atoms with E-state index in [0.717, 1.165) is 41.0 Å². The Morgan fingerprint density at radius 3 is 2.65 bits per heavy atom. The normalized spacial score (nSPS) is 10.9. The molecule has 6 nitrogen and oxygen atoms in total. The van der Waals surface area contributed by atoms with Gasteiger partial charge in [-0.2, -0.15) is 0 Å². The van der Waals surface area contributed by atoms with Crippen molar-refractivity contribution in [3.63, 3.8) is 0 Å². The number of aromatic nitrogens is 2. The maximum Gasteiger partial charge on any atom is 0.255 e. The Morgan fingerprint density at radius 1 is 1.00 bits per heavy atom. The minimum absolute atomic E-state index is 0.132. The van der Waals surface area contributed by atoms with Gasteiger partial charge in [0.1, 0.15) is 23.9 Å². The SMILES string of the molecule is COc1ccccc1C(=O)NCCCc1nc2ccccc2n1CCOc1cc(C)ccc1C. The number of benzene rings is 3. The lowest BCUT2D eigenvalue weighted by Crippen LogP contribution is -2.25. The molecule has 1 N–H and O–H groups in total. The fourth-order valence-electron chi connectivity index (χ4n) is 4.05. The highest BCUT2D eigenvalue weighted by molar-refractivity contribution is 5.96. The number of nitrogens with zero attached hydrogens (tertiary/aromatic N) is 2. The molecule has 0 aliphatic carbocycles. The molecule has 4 aromatic rings. The molecule has 34 heavy (non-hydrogen) atoms. The lowest BCUT2D eigenvalue weighted by molar-refractivity contribution is 0.0950. The Morgan fingerprint density at radius 2 is 1.79 bits per heavy atom. The van der Waals surface area contributed by atoms with E-state index < -0.39 is 0 Å². The molecular weight excluding hydrogens is 426 g/mol. The predicted octanol–water partition coefficient (Wildman–Crippen LogP) is 5.10. The van der Waals surface area contributed by atoms with E-state index in [0.29, 0.717) is 31.0 Å². The molecule has 6 heteroatoms. The van der Waals surface area contributed by atoms with Gasteiger partial charge in [0.15, 0.2) is 0 Å². The summed E-state index contributed by atoms with van der Waals surface area (Å²) in [6.07, 6.45) is 1.53. The number of para-hydroxylation sites is 3. The Kier molecular flexibility index (Phi) is 7.48. The van der Waals surface area contributed by atoms with Crippen LogP contribution in [0.4, 0.5) is 0 Å². The van der Waals surface area contributed by atoms with Crippen molar-refractivity contribution < 1.29 is 14.3 Å². The van der Waals surface area contributed by atoms with Gasteiger partial charge in [0.05, 0.1) is 30.3 Å². The molecule has 0 saturated carbocycles. The van der Waals surface area contributed by atoms with E-state index in [-0.39, 0.29) is 5.91 Å². The number of hydrogen-bond donors (Lipinski definition) is 1. The summed E-state index contributed by atoms with van der Waals surface area (Å²) in [5.41, 5.74) is 4.93. The molecule has 0 fully saturated rings. The maximum atomic E-state index is 12.5. The summed E-state index contributed by atoms with van der Waals surface area (Å²) < 4.78 is 13.6. The number of carbonyl (C=O) groups excluding carboxylic acids is 1. The molecule has 4 rings (SSSR count). The average molecular weight is 458 g/mol. The van der Waals surface area contributed by atoms with E-state index in [1.54, 1.807) is 19.2 Å². The first-order chi connectivity index (χ1) is 16.6. The lowest BCUT2D eigenvalue weighted by atomic mass is 10.1. The predicted molar refractivity (Wildman–Crippen MR) is 135 cm³/mol. The lowest BCUT2D eigenvalue weighted by Gasteiger charge is -2.13. The summed E-state index contributed by atoms with van der Waals surface area (Å²) in [5.74, 6) is 2.36. The third-order valence-electron chi connectivity index (χ3n) is 5.86. The molecule has 0 spiro atoms. The van der Waals surface area contributed by atoms with E-state index in [4.69, 9.17) is 14.5 Å². The highest BCUT2D eigenvalue weighted by Crippen LogP contribution is 2.21. The fraction of sp³-hybridized carbons (Fsp3) is 0.286. The highest BCUT2D eigenvalue weighted by Gasteiger charge is 2.13. The van der Waals surface area contributed by atoms with Gasteiger partial charge >= 0.3 is 0 Å². The minimum Gasteiger partial charge on any atom is -0.496 e. The summed E-state index contributed by atoms with van der Waals surface area (Å²) in [6.45, 7) is 5.95. The maximum absolute atomic E-state index is 12.5. The van der Waals surface area contributed by atoms with Crippen molar-refractivity contribution in [1.29, 1.82) is 0 Å². The van der Waals surface area contributed by atoms with Crippen LogP contribution in [0, 0.1) is 13.8 Å². The first kappa shape index (κ1) is 23.4. The van der Waals surface area contributed by atoms with Crippen LogP contribution in [-0.2, 0) is 13.0 Å². The van der Waals surface area contributed by atoms with Crippen molar-refractivity contribution in [2.45, 2.75) is 33.2 Å². The number of ether oxygens (including phenoxy) is 2. The van der Waals surface area contributed by atoms with Crippen LogP contribution in [0.2, 0.25) is 0 Å². The fourth-order valence-corrected chi connectivity index (χ4v) is 4.05. The van der Waals surface area contributed by atoms with Crippen LogP contribution < -0.4 is 14.8 Å². The van der Waals surface area contributed by atoms with Crippen molar-refractivity contribution in [2.24, 2.45) is 0 Å². The zero-order valence-electron chi connectivity index (χ0n) is 20.0. The number of carbonyl (C=O) groups is 1. The second-order valence-corrected chi connectivity index (χ2v) is 8.35. The Hall–Kier alpha value is -3.80. The summed E-state index contributed by atoms with van der Waals surface area (Å²) in [4.78, 5) is 17.4. The van der Waals surface area contributed by atoms with E-state index in [1.165, 1.54) is 5.56 Å². The van der Waals surface area contributed by atoms with Crippen LogP contribution in [0.15, 0.2) is 66.7 Å². The van der Waals surface area contributed by atoms with Crippen LogP contribution in [0.3, 0.4) is 0 Å². The largest absolute Gasteiger partial charge is 0.496 e. The van der Waals surface area contributed by atoms with Gasteiger partial charge in [0.2, 0.25) is 0 Å². The van der Waals surface area contributed by atoms with Gasteiger partial charge in [0, 0.05) is 13.0 Å². The van der Waals surface area contributed by atoms with Crippen molar-refractivity contribution >= 4 is 16.9 Å². The molecule has 0 radical (unpaired) electrons. The molecular formula is C28H31N3O3. The van der Waals surface area contributed by atoms with Gasteiger partial charge in [-0.25, -0.2) is 4.98 Å². The number of nitrogens with one attached hydrogen (secondary N) is 1. The van der Waals surface area contributed by atoms with Crippen LogP contribution in [0.25, 0.3) is 11.0 Å². The molecule has 1 amide bonds. The topological polar surface area (TPSA) is 65.4 Å². The Labute approximate surface area is 200 Å². The highest BCUT2D eigenvalue weighted by atomic mass is 16.5. The molecule has 1 heterocycles. The summed E-state index contributed by atoms with van der Waals surface area (Å²) in [7, 11) is 1.57. The molecule has 3 aromatic carbocycles. The first-order valence-corrected chi connectivity index (χ1v) is 11.6. The quantitative estimate of drug-likeness (QED) is 0.336. The van der Waals surface area contributed by atoms with Crippen LogP contribution >= 0.6 is 0 Å². The monoisotopic (exact) mass is 457 g/mol. The number of fused-ring (bicyclic) bond motifs is 1. The molecule has 0 saturated heterocycles. The molecule has 0 aliphatic rings. The zero-order chi connectivity index (χ0) is 23.9. The van der Waals surface area contributed by atoms with Crippen molar-refractivity contribution in [3.8, 4) is 11.5 Å². The number of amides is 1. The van der Waals surface area contributed by atoms with E-state index >= 15 is 0 Å². The molecule has 1 aromatic heterocycles. The van der Waals surface area contributed by atoms with E-state index in [2.05, 4.69) is 48.0 Å². The van der Waals surface area contributed by atoms with Crippen molar-refractivity contribution in [1.82, 2.24) is 14.9 Å². The van der Waals surface area contributed by atoms with Gasteiger partial charge < -0.3 is 19.4 Å². The molecule has 0 bridgehead atoms. The molecule has 0 atom stereocenters. The first-order valence-electron chi connectivity index (χ1n) is 11.6. The van der Waals surface area contributed by atoms with Crippen LogP contribution in [0.1, 0.15) is 33.7 Å². The molecule has 176 valence electrons. The number of aryl methyl sites for hydroxylation is 3. The number of hydrogen-bond acceptors (Lipinski definition) is 4. The van der Waals surface area contributed by atoms with Gasteiger partial charge in [-0.3, -0.25) is 4.79 Å². The van der Waals surface area contributed by atoms with Gasteiger partial charge in [-0.15, -0.1) is 0 Å². The Balaban J connectivity index is 1.39. The minimum atomic E-state index is -0.132. The zero-order valence-corrected chi connectivity index (χ0v) is 20.0. The Bertz CT molecular complexity index is 1280.